The van der Waals surface area contributed by atoms with E-state index in [-0.39, 0.29) is 17.2 Å². The van der Waals surface area contributed by atoms with Crippen molar-refractivity contribution in [3.05, 3.63) is 63.8 Å². The van der Waals surface area contributed by atoms with E-state index in [2.05, 4.69) is 6.07 Å². The fraction of sp³-hybridized carbons (Fsp3) is 0.357. The van der Waals surface area contributed by atoms with Crippen molar-refractivity contribution >= 4 is 21.9 Å². The lowest BCUT2D eigenvalue weighted by Crippen LogP contribution is -2.36. The Balaban J connectivity index is 2.26. The summed E-state index contributed by atoms with van der Waals surface area (Å²) in [6.07, 6.45) is -2.12. The van der Waals surface area contributed by atoms with Crippen LogP contribution >= 0.6 is 0 Å². The summed E-state index contributed by atoms with van der Waals surface area (Å²) < 4.78 is 60.0. The largest absolute Gasteiger partial charge is 0.455 e. The fourth-order valence-electron chi connectivity index (χ4n) is 4.07. The highest BCUT2D eigenvalue weighted by molar-refractivity contribution is 6.12. The zero-order chi connectivity index (χ0) is 27.8. The normalized spacial score (nSPS) is 15.7. The number of hydrogen-bond donors (Lipinski definition) is 0. The van der Waals surface area contributed by atoms with Crippen molar-refractivity contribution < 1.29 is 17.2 Å². The molecule has 0 saturated heterocycles. The second kappa shape index (κ2) is 7.24. The van der Waals surface area contributed by atoms with E-state index < -0.39 is 18.6 Å². The van der Waals surface area contributed by atoms with E-state index in [4.69, 9.17) is 11.3 Å². The molecule has 2 heterocycles. The highest BCUT2D eigenvalue weighted by atomic mass is 16.3. The molecule has 2 aromatic heterocycles. The fourth-order valence-corrected chi connectivity index (χ4v) is 4.07. The third kappa shape index (κ3) is 3.51. The topological polar surface area (TPSA) is 40.8 Å². The predicted octanol–water partition coefficient (Wildman–Crippen LogP) is 6.77. The summed E-state index contributed by atoms with van der Waals surface area (Å²) >= 11 is 0. The molecule has 0 radical (unpaired) electrons. The molecule has 0 amide bonds. The minimum absolute atomic E-state index is 0.133. The number of fused-ring (bicyclic) bond motifs is 3. The van der Waals surface area contributed by atoms with Gasteiger partial charge in [-0.15, -0.1) is 0 Å². The molecular weight excluding hydrogens is 380 g/mol. The van der Waals surface area contributed by atoms with Gasteiger partial charge in [-0.3, -0.25) is 0 Å². The van der Waals surface area contributed by atoms with Gasteiger partial charge in [-0.1, -0.05) is 32.9 Å². The molecule has 0 aliphatic heterocycles. The van der Waals surface area contributed by atoms with Crippen LogP contribution in [0.15, 0.2) is 34.7 Å². The van der Waals surface area contributed by atoms with Crippen molar-refractivity contribution in [1.29, 1.82) is 5.26 Å². The van der Waals surface area contributed by atoms with Gasteiger partial charge in [0.15, 0.2) is 5.69 Å². The SMILES string of the molecule is [2H]c1c(C([2H])([2H])C(C)(C)C)c(C([2H])([2H])[2H])c(C)[n+](C)c1-c1c(C)ccc2c1oc1cc(C)cc(C#N)c12. The Morgan fingerprint density at radius 1 is 1.23 bits per heavy atom. The van der Waals surface area contributed by atoms with Crippen LogP contribution in [0.4, 0.5) is 0 Å². The Bertz CT molecular complexity index is 1630. The molecule has 4 rings (SSSR count). The highest BCUT2D eigenvalue weighted by Gasteiger charge is 2.26. The lowest BCUT2D eigenvalue weighted by molar-refractivity contribution is -0.667. The minimum Gasteiger partial charge on any atom is -0.455 e. The van der Waals surface area contributed by atoms with E-state index in [1.54, 1.807) is 45.4 Å². The molecule has 4 aromatic rings. The highest BCUT2D eigenvalue weighted by Crippen LogP contribution is 2.39. The average Bonchev–Trinajstić information content (AvgIpc) is 3.13. The first-order valence-corrected chi connectivity index (χ1v) is 10.3. The van der Waals surface area contributed by atoms with Gasteiger partial charge in [0.25, 0.3) is 0 Å². The van der Waals surface area contributed by atoms with Crippen LogP contribution in [0.1, 0.15) is 62.5 Å². The van der Waals surface area contributed by atoms with E-state index in [1.807, 2.05) is 32.0 Å². The van der Waals surface area contributed by atoms with Crippen LogP contribution in [0.25, 0.3) is 33.2 Å². The van der Waals surface area contributed by atoms with Crippen molar-refractivity contribution in [2.75, 3.05) is 0 Å². The van der Waals surface area contributed by atoms with Gasteiger partial charge in [0.1, 0.15) is 18.2 Å². The zero-order valence-electron chi connectivity index (χ0n) is 25.1. The van der Waals surface area contributed by atoms with Crippen molar-refractivity contribution in [2.24, 2.45) is 12.5 Å². The van der Waals surface area contributed by atoms with Gasteiger partial charge in [-0.25, -0.2) is 0 Å². The molecule has 0 saturated carbocycles. The lowest BCUT2D eigenvalue weighted by atomic mass is 9.85. The number of hydrogen-bond acceptors (Lipinski definition) is 2. The van der Waals surface area contributed by atoms with E-state index in [0.717, 1.165) is 11.1 Å². The lowest BCUT2D eigenvalue weighted by Gasteiger charge is -2.20. The predicted molar refractivity (Wildman–Crippen MR) is 127 cm³/mol. The molecular formula is C28H31N2O+. The molecule has 0 aliphatic rings. The third-order valence-corrected chi connectivity index (χ3v) is 5.64. The maximum atomic E-state index is 9.79. The first-order valence-electron chi connectivity index (χ1n) is 13.3. The molecule has 0 aliphatic carbocycles. The smallest absolute Gasteiger partial charge is 0.216 e. The van der Waals surface area contributed by atoms with Crippen LogP contribution in [0.3, 0.4) is 0 Å². The van der Waals surface area contributed by atoms with Gasteiger partial charge in [-0.05, 0) is 61.3 Å². The summed E-state index contributed by atoms with van der Waals surface area (Å²) in [5.74, 6) is 0. The zero-order valence-corrected chi connectivity index (χ0v) is 19.1. The maximum Gasteiger partial charge on any atom is 0.216 e. The maximum absolute atomic E-state index is 9.79. The van der Waals surface area contributed by atoms with Gasteiger partial charge in [0.05, 0.1) is 18.6 Å². The minimum atomic E-state index is -2.62. The molecule has 31 heavy (non-hydrogen) atoms. The van der Waals surface area contributed by atoms with E-state index in [1.165, 1.54) is 0 Å². The molecule has 0 spiro atoms. The van der Waals surface area contributed by atoms with Crippen LogP contribution in [0, 0.1) is 44.4 Å². The Kier molecular flexibility index (Phi) is 3.46. The number of rotatable bonds is 2. The standard InChI is InChI=1S/C28H31N2O/c1-16-11-21(15-29)26-22-10-9-17(2)25(27(22)31-24(26)12-16)23-13-20(14-28(5,6)7)18(3)19(4)30(23)8/h9-13H,14H2,1-8H3/q+1/i3D3,13D,14D2. The van der Waals surface area contributed by atoms with Crippen molar-refractivity contribution in [3.63, 3.8) is 0 Å². The summed E-state index contributed by atoms with van der Waals surface area (Å²) in [6, 6.07) is 9.51. The summed E-state index contributed by atoms with van der Waals surface area (Å²) in [4.78, 5) is 0. The van der Waals surface area contributed by atoms with Gasteiger partial charge in [-0.2, -0.15) is 9.83 Å². The summed E-state index contributed by atoms with van der Waals surface area (Å²) in [5.41, 5.74) is 3.23. The second-order valence-corrected chi connectivity index (χ2v) is 9.28. The quantitative estimate of drug-likeness (QED) is 0.338. The number of nitriles is 1. The molecule has 0 unspecified atom stereocenters. The number of aromatic nitrogens is 1. The number of pyridine rings is 1. The Morgan fingerprint density at radius 3 is 2.61 bits per heavy atom. The molecule has 0 fully saturated rings. The molecule has 158 valence electrons. The number of aryl methyl sites for hydroxylation is 2. The molecule has 2 aromatic carbocycles. The van der Waals surface area contributed by atoms with Crippen LogP contribution < -0.4 is 4.57 Å². The van der Waals surface area contributed by atoms with Crippen LogP contribution in [-0.2, 0) is 13.4 Å². The monoisotopic (exact) mass is 417 g/mol. The van der Waals surface area contributed by atoms with Crippen molar-refractivity contribution in [2.45, 2.75) is 54.8 Å². The third-order valence-electron chi connectivity index (χ3n) is 5.64. The second-order valence-electron chi connectivity index (χ2n) is 9.28. The number of furan rings is 1. The average molecular weight is 418 g/mol. The first kappa shape index (κ1) is 14.8. The van der Waals surface area contributed by atoms with Crippen LogP contribution in [-0.4, -0.2) is 0 Å². The van der Waals surface area contributed by atoms with Crippen LogP contribution in [0.5, 0.6) is 0 Å². The van der Waals surface area contributed by atoms with Gasteiger partial charge >= 0.3 is 0 Å². The molecule has 0 bridgehead atoms. The Morgan fingerprint density at radius 2 is 1.97 bits per heavy atom. The van der Waals surface area contributed by atoms with Gasteiger partial charge in [0.2, 0.25) is 5.69 Å². The summed E-state index contributed by atoms with van der Waals surface area (Å²) in [6.45, 7) is 7.91. The Hall–Kier alpha value is -3.12. The van der Waals surface area contributed by atoms with Crippen LogP contribution in [0.2, 0.25) is 0 Å². The van der Waals surface area contributed by atoms with Gasteiger partial charge in [0, 0.05) is 36.2 Å². The van der Waals surface area contributed by atoms with Crippen molar-refractivity contribution in [3.8, 4) is 17.3 Å². The summed E-state index contributed by atoms with van der Waals surface area (Å²) in [5, 5.41) is 11.2. The first-order chi connectivity index (χ1) is 16.9. The molecule has 0 N–H and O–H groups in total. The molecule has 3 nitrogen and oxygen atoms in total. The molecule has 3 heteroatoms. The molecule has 0 atom stereocenters. The number of benzene rings is 2. The van der Waals surface area contributed by atoms with E-state index in [0.29, 0.717) is 44.5 Å². The number of nitrogens with zero attached hydrogens (tertiary/aromatic N) is 2. The summed E-state index contributed by atoms with van der Waals surface area (Å²) in [7, 11) is 1.69. The van der Waals surface area contributed by atoms with E-state index >= 15 is 0 Å². The van der Waals surface area contributed by atoms with E-state index in [9.17, 15) is 6.63 Å². The van der Waals surface area contributed by atoms with Crippen molar-refractivity contribution in [1.82, 2.24) is 0 Å². The Labute approximate surface area is 193 Å². The van der Waals surface area contributed by atoms with Gasteiger partial charge < -0.3 is 4.42 Å².